The van der Waals surface area contributed by atoms with E-state index in [0.29, 0.717) is 23.0 Å². The van der Waals surface area contributed by atoms with Crippen LogP contribution in [0.4, 0.5) is 5.69 Å². The van der Waals surface area contributed by atoms with Gasteiger partial charge in [-0.05, 0) is 50.6 Å². The second-order valence-corrected chi connectivity index (χ2v) is 7.14. The standard InChI is InChI=1S/C21H22N4O5/c1-11-6-15(13(3)30-11)17-8-16(22)21(27)25(24-17)12(2)20(26)23-9-14-4-5-18-19(7-14)29-10-28-18/h4-8,12H,9-10,22H2,1-3H3,(H,23,26)/t12-/m0/s1. The van der Waals surface area contributed by atoms with E-state index < -0.39 is 11.6 Å². The van der Waals surface area contributed by atoms with Gasteiger partial charge >= 0.3 is 0 Å². The Labute approximate surface area is 172 Å². The van der Waals surface area contributed by atoms with Gasteiger partial charge in [0.1, 0.15) is 23.2 Å². The van der Waals surface area contributed by atoms with Gasteiger partial charge < -0.3 is 24.9 Å². The third-order valence-corrected chi connectivity index (χ3v) is 4.93. The first-order valence-corrected chi connectivity index (χ1v) is 9.46. The number of aryl methyl sites for hydroxylation is 2. The molecule has 0 aliphatic carbocycles. The average molecular weight is 410 g/mol. The molecule has 2 aromatic heterocycles. The molecule has 30 heavy (non-hydrogen) atoms. The lowest BCUT2D eigenvalue weighted by atomic mass is 10.1. The number of nitrogens with zero attached hydrogens (tertiary/aromatic N) is 2. The first-order valence-electron chi connectivity index (χ1n) is 9.46. The smallest absolute Gasteiger partial charge is 0.290 e. The molecule has 3 aromatic rings. The number of anilines is 1. The molecule has 1 amide bonds. The fraction of sp³-hybridized carbons (Fsp3) is 0.286. The highest BCUT2D eigenvalue weighted by molar-refractivity contribution is 5.80. The number of carbonyl (C=O) groups is 1. The van der Waals surface area contributed by atoms with Crippen LogP contribution in [-0.2, 0) is 11.3 Å². The Kier molecular flexibility index (Phi) is 4.94. The Balaban J connectivity index is 1.54. The molecule has 9 nitrogen and oxygen atoms in total. The first kappa shape index (κ1) is 19.6. The molecule has 1 atom stereocenters. The number of rotatable bonds is 5. The van der Waals surface area contributed by atoms with Crippen LogP contribution in [0.1, 0.15) is 30.0 Å². The summed E-state index contributed by atoms with van der Waals surface area (Å²) in [5.41, 5.74) is 7.43. The molecule has 1 aliphatic rings. The molecule has 0 unspecified atom stereocenters. The van der Waals surface area contributed by atoms with Gasteiger partial charge in [0.15, 0.2) is 11.5 Å². The van der Waals surface area contributed by atoms with E-state index in [1.807, 2.05) is 19.1 Å². The third-order valence-electron chi connectivity index (χ3n) is 4.93. The van der Waals surface area contributed by atoms with Gasteiger partial charge in [0.05, 0.1) is 5.69 Å². The van der Waals surface area contributed by atoms with Crippen LogP contribution in [0.25, 0.3) is 11.3 Å². The summed E-state index contributed by atoms with van der Waals surface area (Å²) in [6.07, 6.45) is 0. The molecule has 0 bridgehead atoms. The summed E-state index contributed by atoms with van der Waals surface area (Å²) in [5, 5.41) is 7.18. The van der Waals surface area contributed by atoms with Crippen molar-refractivity contribution in [3.63, 3.8) is 0 Å². The number of aromatic nitrogens is 2. The van der Waals surface area contributed by atoms with Crippen molar-refractivity contribution in [3.05, 3.63) is 57.8 Å². The molecule has 0 spiro atoms. The molecule has 3 N–H and O–H groups in total. The molecule has 0 saturated carbocycles. The molecular weight excluding hydrogens is 388 g/mol. The molecule has 156 valence electrons. The summed E-state index contributed by atoms with van der Waals surface area (Å²) in [5.74, 6) is 2.32. The van der Waals surface area contributed by atoms with Crippen molar-refractivity contribution < 1.29 is 18.7 Å². The van der Waals surface area contributed by atoms with Crippen LogP contribution >= 0.6 is 0 Å². The van der Waals surface area contributed by atoms with Gasteiger partial charge in [-0.2, -0.15) is 5.10 Å². The zero-order valence-electron chi connectivity index (χ0n) is 16.9. The van der Waals surface area contributed by atoms with Crippen LogP contribution in [0, 0.1) is 13.8 Å². The second-order valence-electron chi connectivity index (χ2n) is 7.14. The predicted molar refractivity (Wildman–Crippen MR) is 109 cm³/mol. The van der Waals surface area contributed by atoms with Gasteiger partial charge in [-0.25, -0.2) is 4.68 Å². The van der Waals surface area contributed by atoms with Crippen molar-refractivity contribution in [2.24, 2.45) is 0 Å². The van der Waals surface area contributed by atoms with Crippen molar-refractivity contribution in [1.29, 1.82) is 0 Å². The third kappa shape index (κ3) is 3.61. The van der Waals surface area contributed by atoms with Gasteiger partial charge in [0.2, 0.25) is 12.7 Å². The van der Waals surface area contributed by atoms with E-state index in [-0.39, 0.29) is 24.9 Å². The van der Waals surface area contributed by atoms with E-state index in [9.17, 15) is 9.59 Å². The summed E-state index contributed by atoms with van der Waals surface area (Å²) in [6.45, 7) is 5.67. The topological polar surface area (TPSA) is 122 Å². The minimum Gasteiger partial charge on any atom is -0.466 e. The summed E-state index contributed by atoms with van der Waals surface area (Å²) in [6, 6.07) is 7.89. The molecule has 3 heterocycles. The Morgan fingerprint density at radius 2 is 2.00 bits per heavy atom. The normalized spacial score (nSPS) is 13.3. The number of nitrogen functional groups attached to an aromatic ring is 1. The first-order chi connectivity index (χ1) is 14.3. The van der Waals surface area contributed by atoms with Crippen molar-refractivity contribution in [2.75, 3.05) is 12.5 Å². The molecule has 0 radical (unpaired) electrons. The number of nitrogens with one attached hydrogen (secondary N) is 1. The second kappa shape index (κ2) is 7.58. The van der Waals surface area contributed by atoms with Gasteiger partial charge in [0.25, 0.3) is 5.56 Å². The molecule has 1 aromatic carbocycles. The van der Waals surface area contributed by atoms with Crippen molar-refractivity contribution in [3.8, 4) is 22.8 Å². The Bertz CT molecular complexity index is 1180. The lowest BCUT2D eigenvalue weighted by molar-refractivity contribution is -0.124. The molecule has 0 fully saturated rings. The predicted octanol–water partition coefficient (Wildman–Crippen LogP) is 2.31. The van der Waals surface area contributed by atoms with Crippen LogP contribution in [-0.4, -0.2) is 22.5 Å². The number of amides is 1. The van der Waals surface area contributed by atoms with E-state index >= 15 is 0 Å². The summed E-state index contributed by atoms with van der Waals surface area (Å²) >= 11 is 0. The fourth-order valence-corrected chi connectivity index (χ4v) is 3.31. The van der Waals surface area contributed by atoms with Crippen LogP contribution in [0.3, 0.4) is 0 Å². The highest BCUT2D eigenvalue weighted by Crippen LogP contribution is 2.32. The molecule has 4 rings (SSSR count). The quantitative estimate of drug-likeness (QED) is 0.662. The SMILES string of the molecule is Cc1cc(-c2cc(N)c(=O)n([C@@H](C)C(=O)NCc3ccc4c(c3)OCO4)n2)c(C)o1. The lowest BCUT2D eigenvalue weighted by Gasteiger charge is -2.16. The summed E-state index contributed by atoms with van der Waals surface area (Å²) < 4.78 is 17.3. The van der Waals surface area contributed by atoms with Crippen molar-refractivity contribution >= 4 is 11.6 Å². The monoisotopic (exact) mass is 410 g/mol. The molecular formula is C21H22N4O5. The van der Waals surface area contributed by atoms with Crippen LogP contribution in [0.5, 0.6) is 11.5 Å². The maximum Gasteiger partial charge on any atom is 0.290 e. The Morgan fingerprint density at radius 3 is 2.73 bits per heavy atom. The van der Waals surface area contributed by atoms with Crippen LogP contribution < -0.4 is 26.1 Å². The maximum absolute atomic E-state index is 12.7. The van der Waals surface area contributed by atoms with Gasteiger partial charge in [-0.3, -0.25) is 9.59 Å². The zero-order chi connectivity index (χ0) is 21.4. The fourth-order valence-electron chi connectivity index (χ4n) is 3.31. The van der Waals surface area contributed by atoms with Gasteiger partial charge in [-0.1, -0.05) is 6.07 Å². The average Bonchev–Trinajstić information content (AvgIpc) is 3.32. The van der Waals surface area contributed by atoms with E-state index in [1.54, 1.807) is 26.0 Å². The largest absolute Gasteiger partial charge is 0.466 e. The van der Waals surface area contributed by atoms with Crippen molar-refractivity contribution in [2.45, 2.75) is 33.4 Å². The molecule has 1 aliphatic heterocycles. The van der Waals surface area contributed by atoms with Crippen molar-refractivity contribution in [1.82, 2.24) is 15.1 Å². The number of ether oxygens (including phenoxy) is 2. The highest BCUT2D eigenvalue weighted by atomic mass is 16.7. The van der Waals surface area contributed by atoms with E-state index in [4.69, 9.17) is 19.6 Å². The Morgan fingerprint density at radius 1 is 1.23 bits per heavy atom. The summed E-state index contributed by atoms with van der Waals surface area (Å²) in [7, 11) is 0. The Hall–Kier alpha value is -3.75. The number of benzene rings is 1. The number of hydrogen-bond acceptors (Lipinski definition) is 7. The van der Waals surface area contributed by atoms with E-state index in [2.05, 4.69) is 10.4 Å². The zero-order valence-corrected chi connectivity index (χ0v) is 16.9. The highest BCUT2D eigenvalue weighted by Gasteiger charge is 2.21. The van der Waals surface area contributed by atoms with Gasteiger partial charge in [-0.15, -0.1) is 0 Å². The molecule has 9 heteroatoms. The number of hydrogen-bond donors (Lipinski definition) is 2. The lowest BCUT2D eigenvalue weighted by Crippen LogP contribution is -2.37. The number of fused-ring (bicyclic) bond motifs is 1. The van der Waals surface area contributed by atoms with E-state index in [0.717, 1.165) is 21.6 Å². The molecule has 0 saturated heterocycles. The maximum atomic E-state index is 12.7. The van der Waals surface area contributed by atoms with Crippen LogP contribution in [0.15, 0.2) is 39.5 Å². The number of furan rings is 1. The summed E-state index contributed by atoms with van der Waals surface area (Å²) in [4.78, 5) is 25.2. The minimum absolute atomic E-state index is 0.00803. The number of carbonyl (C=O) groups excluding carboxylic acids is 1. The van der Waals surface area contributed by atoms with Gasteiger partial charge in [0, 0.05) is 12.1 Å². The number of nitrogens with two attached hydrogens (primary N) is 1. The van der Waals surface area contributed by atoms with E-state index in [1.165, 1.54) is 6.07 Å². The minimum atomic E-state index is -0.859. The van der Waals surface area contributed by atoms with Crippen LogP contribution in [0.2, 0.25) is 0 Å².